The van der Waals surface area contributed by atoms with Crippen molar-refractivity contribution < 1.29 is 9.53 Å². The molecule has 2 heterocycles. The maximum atomic E-state index is 12.2. The van der Waals surface area contributed by atoms with Gasteiger partial charge in [-0.05, 0) is 43.1 Å². The van der Waals surface area contributed by atoms with E-state index in [1.165, 1.54) is 18.6 Å². The first-order valence-corrected chi connectivity index (χ1v) is 9.98. The Balaban J connectivity index is 1.90. The number of aryl methyl sites for hydroxylation is 2. The van der Waals surface area contributed by atoms with E-state index >= 15 is 0 Å². The Kier molecular flexibility index (Phi) is 5.17. The standard InChI is InChI=1S/C21H17ClN4O2S/c1-12-7-6-9-14(11-12)19-23-20(29-25-19)18-16(22)17(21(27)28-3)24-26(18)15-10-5-4-8-13(15)2/h4-11H,1-3H3. The van der Waals surface area contributed by atoms with E-state index in [1.54, 1.807) is 4.68 Å². The number of benzene rings is 2. The van der Waals surface area contributed by atoms with Crippen LogP contribution >= 0.6 is 23.1 Å². The van der Waals surface area contributed by atoms with E-state index < -0.39 is 5.97 Å². The molecule has 0 aliphatic rings. The summed E-state index contributed by atoms with van der Waals surface area (Å²) in [5.74, 6) is -0.00562. The Labute approximate surface area is 176 Å². The molecule has 2 aromatic heterocycles. The first kappa shape index (κ1) is 19.3. The largest absolute Gasteiger partial charge is 0.464 e. The molecule has 0 aliphatic carbocycles. The first-order chi connectivity index (χ1) is 14.0. The van der Waals surface area contributed by atoms with Gasteiger partial charge in [-0.15, -0.1) is 0 Å². The van der Waals surface area contributed by atoms with E-state index in [0.717, 1.165) is 22.4 Å². The first-order valence-electron chi connectivity index (χ1n) is 8.83. The Morgan fingerprint density at radius 1 is 1.14 bits per heavy atom. The highest BCUT2D eigenvalue weighted by molar-refractivity contribution is 7.09. The zero-order chi connectivity index (χ0) is 20.5. The van der Waals surface area contributed by atoms with Crippen LogP contribution in [-0.2, 0) is 4.74 Å². The van der Waals surface area contributed by atoms with Crippen LogP contribution in [0, 0.1) is 13.8 Å². The second kappa shape index (κ2) is 7.77. The van der Waals surface area contributed by atoms with Gasteiger partial charge in [0.2, 0.25) is 0 Å². The normalized spacial score (nSPS) is 10.9. The van der Waals surface area contributed by atoms with E-state index in [-0.39, 0.29) is 10.7 Å². The number of carbonyl (C=O) groups is 1. The fraction of sp³-hybridized carbons (Fsp3) is 0.143. The van der Waals surface area contributed by atoms with Gasteiger partial charge in [-0.3, -0.25) is 0 Å². The van der Waals surface area contributed by atoms with E-state index in [0.29, 0.717) is 16.5 Å². The van der Waals surface area contributed by atoms with Gasteiger partial charge in [-0.2, -0.15) is 9.47 Å². The minimum absolute atomic E-state index is 0.0414. The molecule has 2 aromatic carbocycles. The summed E-state index contributed by atoms with van der Waals surface area (Å²) in [6, 6.07) is 15.7. The molecule has 0 N–H and O–H groups in total. The Morgan fingerprint density at radius 3 is 2.66 bits per heavy atom. The van der Waals surface area contributed by atoms with Crippen LogP contribution in [0.15, 0.2) is 48.5 Å². The van der Waals surface area contributed by atoms with Crippen LogP contribution in [0.3, 0.4) is 0 Å². The lowest BCUT2D eigenvalue weighted by Crippen LogP contribution is -2.05. The SMILES string of the molecule is COC(=O)c1nn(-c2ccccc2C)c(-c2nc(-c3cccc(C)c3)ns2)c1Cl. The van der Waals surface area contributed by atoms with E-state index in [1.807, 2.05) is 62.4 Å². The van der Waals surface area contributed by atoms with Crippen LogP contribution in [0.1, 0.15) is 21.6 Å². The molecular weight excluding hydrogens is 408 g/mol. The van der Waals surface area contributed by atoms with Crippen molar-refractivity contribution in [1.29, 1.82) is 0 Å². The molecule has 29 heavy (non-hydrogen) atoms. The van der Waals surface area contributed by atoms with Crippen molar-refractivity contribution in [2.24, 2.45) is 0 Å². The fourth-order valence-corrected chi connectivity index (χ4v) is 4.07. The van der Waals surface area contributed by atoms with Crippen molar-refractivity contribution in [3.8, 4) is 27.8 Å². The third-order valence-electron chi connectivity index (χ3n) is 4.45. The third-order valence-corrected chi connectivity index (χ3v) is 5.53. The average Bonchev–Trinajstić information content (AvgIpc) is 3.32. The van der Waals surface area contributed by atoms with Crippen LogP contribution < -0.4 is 0 Å². The zero-order valence-corrected chi connectivity index (χ0v) is 17.6. The Bertz CT molecular complexity index is 1220. The summed E-state index contributed by atoms with van der Waals surface area (Å²) in [7, 11) is 1.30. The molecule has 0 saturated carbocycles. The molecule has 0 saturated heterocycles. The third kappa shape index (κ3) is 3.54. The molecular formula is C21H17ClN4O2S. The molecule has 146 valence electrons. The zero-order valence-electron chi connectivity index (χ0n) is 16.0. The molecule has 0 spiro atoms. The number of aromatic nitrogens is 4. The number of esters is 1. The van der Waals surface area contributed by atoms with E-state index in [2.05, 4.69) is 14.5 Å². The number of para-hydroxylation sites is 1. The molecule has 0 amide bonds. The van der Waals surface area contributed by atoms with Crippen LogP contribution in [0.2, 0.25) is 5.02 Å². The summed E-state index contributed by atoms with van der Waals surface area (Å²) in [5, 5.41) is 5.19. The second-order valence-electron chi connectivity index (χ2n) is 6.49. The molecule has 0 atom stereocenters. The number of hydrogen-bond donors (Lipinski definition) is 0. The van der Waals surface area contributed by atoms with Gasteiger partial charge in [0.25, 0.3) is 0 Å². The number of hydrogen-bond acceptors (Lipinski definition) is 6. The lowest BCUT2D eigenvalue weighted by molar-refractivity contribution is 0.0593. The summed E-state index contributed by atoms with van der Waals surface area (Å²) in [6.45, 7) is 3.98. The molecule has 0 aliphatic heterocycles. The highest BCUT2D eigenvalue weighted by atomic mass is 35.5. The minimum atomic E-state index is -0.605. The summed E-state index contributed by atoms with van der Waals surface area (Å²) in [6.07, 6.45) is 0. The van der Waals surface area contributed by atoms with Gasteiger partial charge < -0.3 is 4.74 Å². The maximum Gasteiger partial charge on any atom is 0.360 e. The minimum Gasteiger partial charge on any atom is -0.464 e. The van der Waals surface area contributed by atoms with Crippen LogP contribution in [0.5, 0.6) is 0 Å². The van der Waals surface area contributed by atoms with Gasteiger partial charge in [0.1, 0.15) is 10.7 Å². The summed E-state index contributed by atoms with van der Waals surface area (Å²) < 4.78 is 11.0. The van der Waals surface area contributed by atoms with Gasteiger partial charge in [-0.1, -0.05) is 53.6 Å². The lowest BCUT2D eigenvalue weighted by Gasteiger charge is -2.08. The molecule has 0 unspecified atom stereocenters. The number of carbonyl (C=O) groups excluding carboxylic acids is 1. The summed E-state index contributed by atoms with van der Waals surface area (Å²) >= 11 is 7.78. The molecule has 8 heteroatoms. The Morgan fingerprint density at radius 2 is 1.93 bits per heavy atom. The van der Waals surface area contributed by atoms with E-state index in [4.69, 9.17) is 16.3 Å². The molecule has 4 rings (SSSR count). The quantitative estimate of drug-likeness (QED) is 0.425. The van der Waals surface area contributed by atoms with Crippen LogP contribution in [-0.4, -0.2) is 32.2 Å². The van der Waals surface area contributed by atoms with Crippen LogP contribution in [0.4, 0.5) is 0 Å². The number of halogens is 1. The topological polar surface area (TPSA) is 69.9 Å². The van der Waals surface area contributed by atoms with E-state index in [9.17, 15) is 4.79 Å². The van der Waals surface area contributed by atoms with Crippen molar-refractivity contribution in [2.75, 3.05) is 7.11 Å². The molecule has 0 fully saturated rings. The monoisotopic (exact) mass is 424 g/mol. The summed E-state index contributed by atoms with van der Waals surface area (Å²) in [4.78, 5) is 16.9. The predicted molar refractivity (Wildman–Crippen MR) is 114 cm³/mol. The number of rotatable bonds is 4. The van der Waals surface area contributed by atoms with Gasteiger partial charge >= 0.3 is 5.97 Å². The smallest absolute Gasteiger partial charge is 0.360 e. The average molecular weight is 425 g/mol. The lowest BCUT2D eigenvalue weighted by atomic mass is 10.1. The maximum absolute atomic E-state index is 12.2. The molecule has 4 aromatic rings. The fourth-order valence-electron chi connectivity index (χ4n) is 3.01. The molecule has 0 radical (unpaired) electrons. The van der Waals surface area contributed by atoms with Gasteiger partial charge in [0.15, 0.2) is 16.5 Å². The molecule has 0 bridgehead atoms. The number of methoxy groups -OCH3 is 1. The van der Waals surface area contributed by atoms with Gasteiger partial charge in [-0.25, -0.2) is 14.5 Å². The van der Waals surface area contributed by atoms with Crippen molar-refractivity contribution >= 4 is 29.1 Å². The van der Waals surface area contributed by atoms with Crippen molar-refractivity contribution in [3.05, 3.63) is 70.4 Å². The predicted octanol–water partition coefficient (Wildman–Crippen LogP) is 5.11. The highest BCUT2D eigenvalue weighted by Gasteiger charge is 2.27. The second-order valence-corrected chi connectivity index (χ2v) is 7.62. The molecule has 6 nitrogen and oxygen atoms in total. The van der Waals surface area contributed by atoms with Crippen molar-refractivity contribution in [1.82, 2.24) is 19.1 Å². The van der Waals surface area contributed by atoms with Gasteiger partial charge in [0.05, 0.1) is 12.8 Å². The Hall–Kier alpha value is -3.03. The van der Waals surface area contributed by atoms with Gasteiger partial charge in [0, 0.05) is 5.56 Å². The van der Waals surface area contributed by atoms with Crippen molar-refractivity contribution in [3.63, 3.8) is 0 Å². The highest BCUT2D eigenvalue weighted by Crippen LogP contribution is 2.36. The summed E-state index contributed by atoms with van der Waals surface area (Å²) in [5.41, 5.74) is 4.37. The number of ether oxygens (including phenoxy) is 1. The number of nitrogens with zero attached hydrogens (tertiary/aromatic N) is 4. The van der Waals surface area contributed by atoms with Crippen molar-refractivity contribution in [2.45, 2.75) is 13.8 Å². The van der Waals surface area contributed by atoms with Crippen LogP contribution in [0.25, 0.3) is 27.8 Å².